The minimum Gasteiger partial charge on any atom is -0.481 e. The second-order valence-electron chi connectivity index (χ2n) is 17.2. The first-order chi connectivity index (χ1) is 17.7. The maximum Gasteiger partial charge on any atom is 0.309 e. The van der Waals surface area contributed by atoms with Crippen LogP contribution in [0.1, 0.15) is 125 Å². The zero-order valence-electron chi connectivity index (χ0n) is 25.1. The number of rotatable bonds is 3. The van der Waals surface area contributed by atoms with Crippen LogP contribution in [0, 0.1) is 68.0 Å². The third-order valence-corrected chi connectivity index (χ3v) is 16.1. The Morgan fingerprint density at radius 2 is 1.61 bits per heavy atom. The van der Waals surface area contributed by atoms with Gasteiger partial charge in [0.15, 0.2) is 5.79 Å². The van der Waals surface area contributed by atoms with E-state index in [1.807, 2.05) is 6.92 Å². The predicted molar refractivity (Wildman–Crippen MR) is 148 cm³/mol. The molecule has 0 radical (unpaired) electrons. The van der Waals surface area contributed by atoms with Gasteiger partial charge in [0.1, 0.15) is 0 Å². The van der Waals surface area contributed by atoms with Gasteiger partial charge >= 0.3 is 5.97 Å². The molecule has 0 aromatic heterocycles. The molecule has 7 aliphatic rings. The molecule has 38 heavy (non-hydrogen) atoms. The molecular formula is C34H54O4. The van der Waals surface area contributed by atoms with Gasteiger partial charge < -0.3 is 14.9 Å². The summed E-state index contributed by atoms with van der Waals surface area (Å²) in [5.74, 6) is 1.96. The van der Waals surface area contributed by atoms with E-state index >= 15 is 0 Å². The average molecular weight is 527 g/mol. The number of carbonyl (C=O) groups is 1. The average Bonchev–Trinajstić information content (AvgIpc) is 3.02. The Balaban J connectivity index is 1.33. The van der Waals surface area contributed by atoms with Gasteiger partial charge in [0.2, 0.25) is 0 Å². The quantitative estimate of drug-likeness (QED) is 0.396. The fourth-order valence-corrected chi connectivity index (χ4v) is 14.2. The van der Waals surface area contributed by atoms with Crippen molar-refractivity contribution in [2.24, 2.45) is 68.0 Å². The molecule has 0 aromatic carbocycles. The van der Waals surface area contributed by atoms with E-state index in [9.17, 15) is 15.0 Å². The van der Waals surface area contributed by atoms with Gasteiger partial charge in [0.05, 0.1) is 12.0 Å². The van der Waals surface area contributed by atoms with Crippen LogP contribution in [0.4, 0.5) is 0 Å². The summed E-state index contributed by atoms with van der Waals surface area (Å²) in [6.07, 6.45) is 14.7. The lowest BCUT2D eigenvalue weighted by Gasteiger charge is -2.78. The number of carboxylic acids is 1. The van der Waals surface area contributed by atoms with Gasteiger partial charge in [0, 0.05) is 17.8 Å². The Morgan fingerprint density at radius 3 is 2.32 bits per heavy atom. The van der Waals surface area contributed by atoms with Crippen molar-refractivity contribution in [1.29, 1.82) is 0 Å². The maximum atomic E-state index is 12.5. The molecule has 1 spiro atoms. The SMILES string of the molecule is CCCC1C2(O)CC3CCC4CC5(C)C6CC(C)(C(=O)O)CCC6(C)CCC5(C)C5CCC1(CO2)C3C45C. The molecule has 13 atom stereocenters. The van der Waals surface area contributed by atoms with Crippen molar-refractivity contribution in [2.45, 2.75) is 131 Å². The number of aliphatic hydroxyl groups is 1. The van der Waals surface area contributed by atoms with Crippen LogP contribution in [0.2, 0.25) is 0 Å². The van der Waals surface area contributed by atoms with E-state index in [1.54, 1.807) is 0 Å². The summed E-state index contributed by atoms with van der Waals surface area (Å²) in [4.78, 5) is 12.5. The molecule has 7 fully saturated rings. The van der Waals surface area contributed by atoms with E-state index in [4.69, 9.17) is 4.74 Å². The monoisotopic (exact) mass is 526 g/mol. The Labute approximate surface area is 231 Å². The molecule has 6 saturated carbocycles. The highest BCUT2D eigenvalue weighted by molar-refractivity contribution is 5.74. The summed E-state index contributed by atoms with van der Waals surface area (Å²) in [6, 6.07) is 0. The first-order valence-corrected chi connectivity index (χ1v) is 16.3. The Kier molecular flexibility index (Phi) is 5.27. The van der Waals surface area contributed by atoms with Gasteiger partial charge in [-0.3, -0.25) is 4.79 Å². The number of carboxylic acid groups (broad SMARTS) is 1. The normalized spacial score (nSPS) is 62.4. The van der Waals surface area contributed by atoms with Crippen molar-refractivity contribution in [3.05, 3.63) is 0 Å². The van der Waals surface area contributed by atoms with E-state index in [0.29, 0.717) is 40.9 Å². The first-order valence-electron chi connectivity index (χ1n) is 16.3. The smallest absolute Gasteiger partial charge is 0.309 e. The van der Waals surface area contributed by atoms with Gasteiger partial charge in [0.25, 0.3) is 0 Å². The number of hydrogen-bond acceptors (Lipinski definition) is 3. The zero-order valence-corrected chi connectivity index (χ0v) is 25.1. The highest BCUT2D eigenvalue weighted by Gasteiger charge is 2.78. The van der Waals surface area contributed by atoms with E-state index in [0.717, 1.165) is 45.1 Å². The van der Waals surface area contributed by atoms with E-state index in [-0.39, 0.29) is 21.7 Å². The van der Waals surface area contributed by atoms with Crippen LogP contribution < -0.4 is 0 Å². The fraction of sp³-hybridized carbons (Fsp3) is 0.971. The largest absolute Gasteiger partial charge is 0.481 e. The van der Waals surface area contributed by atoms with Gasteiger partial charge in [-0.1, -0.05) is 41.0 Å². The minimum absolute atomic E-state index is 0.150. The van der Waals surface area contributed by atoms with E-state index in [1.165, 1.54) is 44.9 Å². The molecule has 2 bridgehead atoms. The van der Waals surface area contributed by atoms with Crippen LogP contribution in [-0.4, -0.2) is 28.6 Å². The van der Waals surface area contributed by atoms with Crippen LogP contribution >= 0.6 is 0 Å². The molecule has 4 heteroatoms. The second kappa shape index (κ2) is 7.61. The van der Waals surface area contributed by atoms with Gasteiger partial charge in [-0.25, -0.2) is 0 Å². The molecule has 2 N–H and O–H groups in total. The number of hydrogen-bond donors (Lipinski definition) is 2. The van der Waals surface area contributed by atoms with Crippen molar-refractivity contribution in [1.82, 2.24) is 0 Å². The van der Waals surface area contributed by atoms with Gasteiger partial charge in [-0.05, 0) is 129 Å². The topological polar surface area (TPSA) is 66.8 Å². The summed E-state index contributed by atoms with van der Waals surface area (Å²) in [6.45, 7) is 15.6. The second-order valence-corrected chi connectivity index (χ2v) is 17.2. The molecule has 214 valence electrons. The van der Waals surface area contributed by atoms with Crippen molar-refractivity contribution in [2.75, 3.05) is 6.61 Å². The summed E-state index contributed by atoms with van der Waals surface area (Å²) in [5.41, 5.74) is 0.580. The Bertz CT molecular complexity index is 1040. The van der Waals surface area contributed by atoms with Crippen LogP contribution in [-0.2, 0) is 9.53 Å². The molecule has 1 saturated heterocycles. The van der Waals surface area contributed by atoms with Crippen LogP contribution in [0.3, 0.4) is 0 Å². The van der Waals surface area contributed by atoms with Crippen molar-refractivity contribution in [3.8, 4) is 0 Å². The lowest BCUT2D eigenvalue weighted by Crippen LogP contribution is -2.73. The molecule has 0 aromatic rings. The highest BCUT2D eigenvalue weighted by atomic mass is 16.6. The van der Waals surface area contributed by atoms with Crippen molar-refractivity contribution >= 4 is 5.97 Å². The first kappa shape index (κ1) is 26.3. The van der Waals surface area contributed by atoms with E-state index in [2.05, 4.69) is 34.6 Å². The standard InChI is InChI=1S/C34H54O4/c1-7-8-24-33-12-11-23-30(4)16-15-28(2)13-14-29(3,27(35)36)19-25(28)31(30,5)18-22-10-9-21(26(33)32(22,23)6)17-34(24,37)38-20-33/h21-26,37H,7-20H2,1-6H3,(H,35,36). The number of aliphatic carboxylic acids is 1. The maximum absolute atomic E-state index is 12.5. The zero-order chi connectivity index (χ0) is 27.1. The fourth-order valence-electron chi connectivity index (χ4n) is 14.2. The van der Waals surface area contributed by atoms with Crippen LogP contribution in [0.5, 0.6) is 0 Å². The van der Waals surface area contributed by atoms with Gasteiger partial charge in [-0.15, -0.1) is 0 Å². The lowest BCUT2D eigenvalue weighted by molar-refractivity contribution is -0.310. The lowest BCUT2D eigenvalue weighted by atomic mass is 9.26. The Morgan fingerprint density at radius 1 is 0.868 bits per heavy atom. The van der Waals surface area contributed by atoms with Crippen LogP contribution in [0.15, 0.2) is 0 Å². The minimum atomic E-state index is -0.893. The number of ether oxygens (including phenoxy) is 1. The Hall–Kier alpha value is -0.610. The summed E-state index contributed by atoms with van der Waals surface area (Å²) in [5, 5.41) is 22.1. The third-order valence-electron chi connectivity index (χ3n) is 16.1. The molecule has 1 aliphatic heterocycles. The predicted octanol–water partition coefficient (Wildman–Crippen LogP) is 7.68. The van der Waals surface area contributed by atoms with Gasteiger partial charge in [-0.2, -0.15) is 0 Å². The molecule has 7 rings (SSSR count). The molecule has 6 aliphatic carbocycles. The van der Waals surface area contributed by atoms with Crippen LogP contribution in [0.25, 0.3) is 0 Å². The van der Waals surface area contributed by atoms with Crippen molar-refractivity contribution in [3.63, 3.8) is 0 Å². The van der Waals surface area contributed by atoms with Crippen molar-refractivity contribution < 1.29 is 19.7 Å². The molecule has 13 unspecified atom stereocenters. The number of fused-ring (bicyclic) bond motifs is 5. The summed E-state index contributed by atoms with van der Waals surface area (Å²) in [7, 11) is 0. The highest BCUT2D eigenvalue weighted by Crippen LogP contribution is 2.83. The molecule has 0 amide bonds. The summed E-state index contributed by atoms with van der Waals surface area (Å²) >= 11 is 0. The summed E-state index contributed by atoms with van der Waals surface area (Å²) < 4.78 is 6.45. The molecular weight excluding hydrogens is 472 g/mol. The molecule has 1 heterocycles. The third kappa shape index (κ3) is 2.79. The molecule has 4 nitrogen and oxygen atoms in total. The van der Waals surface area contributed by atoms with E-state index < -0.39 is 17.2 Å².